The van der Waals surface area contributed by atoms with E-state index in [0.29, 0.717) is 6.61 Å². The van der Waals surface area contributed by atoms with Crippen LogP contribution >= 0.6 is 0 Å². The maximum atomic E-state index is 11.7. The van der Waals surface area contributed by atoms with Gasteiger partial charge in [-0.05, 0) is 49.1 Å². The molecule has 0 bridgehead atoms. The van der Waals surface area contributed by atoms with E-state index in [1.165, 1.54) is 0 Å². The van der Waals surface area contributed by atoms with Gasteiger partial charge >= 0.3 is 5.97 Å². The Morgan fingerprint density at radius 3 is 2.86 bits per heavy atom. The van der Waals surface area contributed by atoms with Crippen LogP contribution in [0.3, 0.4) is 0 Å². The third kappa shape index (κ3) is 3.65. The molecule has 0 aliphatic carbocycles. The van der Waals surface area contributed by atoms with E-state index in [1.807, 2.05) is 35.2 Å². The molecule has 0 fully saturated rings. The summed E-state index contributed by atoms with van der Waals surface area (Å²) >= 11 is 0. The second-order valence-electron chi connectivity index (χ2n) is 5.00. The minimum absolute atomic E-state index is 0.0825. The Balaban J connectivity index is 2.24. The molecule has 0 saturated heterocycles. The molecule has 1 heterocycles. The fourth-order valence-corrected chi connectivity index (χ4v) is 2.57. The highest BCUT2D eigenvalue weighted by atomic mass is 16.5. The number of allylic oxidation sites excluding steroid dienone is 1. The normalized spacial score (nSPS) is 12.6. The number of fused-ring (bicyclic) bond motifs is 1. The van der Waals surface area contributed by atoms with E-state index in [1.54, 1.807) is 13.0 Å². The predicted molar refractivity (Wildman–Crippen MR) is 82.8 cm³/mol. The van der Waals surface area contributed by atoms with Crippen molar-refractivity contribution in [2.45, 2.75) is 19.8 Å². The molecule has 0 amide bonds. The van der Waals surface area contributed by atoms with Gasteiger partial charge in [-0.3, -0.25) is 4.79 Å². The predicted octanol–water partition coefficient (Wildman–Crippen LogP) is 2.43. The molecule has 1 aliphatic rings. The monoisotopic (exact) mass is 295 g/mol. The van der Waals surface area contributed by atoms with Gasteiger partial charge in [0, 0.05) is 12.2 Å². The lowest BCUT2D eigenvalue weighted by atomic mass is 9.98. The molecular formula is C17H17N3O2. The Morgan fingerprint density at radius 1 is 1.41 bits per heavy atom. The number of anilines is 1. The Bertz CT molecular complexity index is 664. The van der Waals surface area contributed by atoms with Crippen LogP contribution in [0.4, 0.5) is 5.69 Å². The van der Waals surface area contributed by atoms with E-state index in [9.17, 15) is 4.79 Å². The second kappa shape index (κ2) is 7.28. The molecule has 0 atom stereocenters. The molecule has 112 valence electrons. The quantitative estimate of drug-likeness (QED) is 0.630. The summed E-state index contributed by atoms with van der Waals surface area (Å²) in [6, 6.07) is 9.48. The lowest BCUT2D eigenvalue weighted by molar-refractivity contribution is -0.141. The van der Waals surface area contributed by atoms with Crippen molar-refractivity contribution in [2.75, 3.05) is 24.6 Å². The summed E-state index contributed by atoms with van der Waals surface area (Å²) in [6.45, 7) is 3.25. The van der Waals surface area contributed by atoms with Gasteiger partial charge in [-0.25, -0.2) is 0 Å². The maximum absolute atomic E-state index is 11.7. The molecule has 0 N–H and O–H groups in total. The summed E-state index contributed by atoms with van der Waals surface area (Å²) in [5.74, 6) is -0.226. The standard InChI is InChI=1S/C17H17N3O2/c1-2-22-17(21)12-20-7-3-4-15-9-13(5-6-16(15)20)8-14(10-18)11-19/h5-6,8-9H,2-4,7,12H2,1H3. The highest BCUT2D eigenvalue weighted by Crippen LogP contribution is 2.28. The number of carbonyl (C=O) groups excluding carboxylic acids is 1. The lowest BCUT2D eigenvalue weighted by Gasteiger charge is -2.30. The first-order valence-electron chi connectivity index (χ1n) is 7.23. The second-order valence-corrected chi connectivity index (χ2v) is 5.00. The first-order valence-corrected chi connectivity index (χ1v) is 7.23. The first kappa shape index (κ1) is 15.6. The summed E-state index contributed by atoms with van der Waals surface area (Å²) in [5.41, 5.74) is 3.06. The van der Waals surface area contributed by atoms with Crippen LogP contribution in [-0.4, -0.2) is 25.7 Å². The summed E-state index contributed by atoms with van der Waals surface area (Å²) in [5, 5.41) is 17.6. The molecule has 0 aromatic heterocycles. The summed E-state index contributed by atoms with van der Waals surface area (Å²) in [6.07, 6.45) is 3.46. The Labute approximate surface area is 130 Å². The topological polar surface area (TPSA) is 77.1 Å². The van der Waals surface area contributed by atoms with Crippen LogP contribution < -0.4 is 4.90 Å². The number of carbonyl (C=O) groups is 1. The minimum Gasteiger partial charge on any atom is -0.465 e. The van der Waals surface area contributed by atoms with Gasteiger partial charge in [-0.1, -0.05) is 6.07 Å². The number of nitrogens with zero attached hydrogens (tertiary/aromatic N) is 3. The average Bonchev–Trinajstić information content (AvgIpc) is 2.53. The van der Waals surface area contributed by atoms with Crippen LogP contribution in [0.25, 0.3) is 6.08 Å². The zero-order valence-electron chi connectivity index (χ0n) is 12.5. The molecule has 0 unspecified atom stereocenters. The van der Waals surface area contributed by atoms with Crippen molar-refractivity contribution in [2.24, 2.45) is 0 Å². The van der Waals surface area contributed by atoms with E-state index >= 15 is 0 Å². The smallest absolute Gasteiger partial charge is 0.325 e. The number of aryl methyl sites for hydroxylation is 1. The number of esters is 1. The van der Waals surface area contributed by atoms with Crippen molar-refractivity contribution in [1.29, 1.82) is 10.5 Å². The van der Waals surface area contributed by atoms with Gasteiger partial charge in [0.25, 0.3) is 0 Å². The fraction of sp³-hybridized carbons (Fsp3) is 0.353. The maximum Gasteiger partial charge on any atom is 0.325 e. The van der Waals surface area contributed by atoms with Gasteiger partial charge in [-0.2, -0.15) is 10.5 Å². The van der Waals surface area contributed by atoms with Crippen molar-refractivity contribution in [3.8, 4) is 12.1 Å². The van der Waals surface area contributed by atoms with Crippen LogP contribution in [0.2, 0.25) is 0 Å². The molecule has 0 spiro atoms. The van der Waals surface area contributed by atoms with E-state index in [4.69, 9.17) is 15.3 Å². The zero-order chi connectivity index (χ0) is 15.9. The van der Waals surface area contributed by atoms with Crippen LogP contribution in [0.1, 0.15) is 24.5 Å². The summed E-state index contributed by atoms with van der Waals surface area (Å²) < 4.78 is 5.00. The average molecular weight is 295 g/mol. The Morgan fingerprint density at radius 2 is 2.18 bits per heavy atom. The molecular weight excluding hydrogens is 278 g/mol. The van der Waals surface area contributed by atoms with Crippen LogP contribution in [0.5, 0.6) is 0 Å². The SMILES string of the molecule is CCOC(=O)CN1CCCc2cc(C=C(C#N)C#N)ccc21. The lowest BCUT2D eigenvalue weighted by Crippen LogP contribution is -2.35. The molecule has 22 heavy (non-hydrogen) atoms. The highest BCUT2D eigenvalue weighted by Gasteiger charge is 2.19. The van der Waals surface area contributed by atoms with E-state index in [2.05, 4.69) is 0 Å². The van der Waals surface area contributed by atoms with Gasteiger partial charge in [0.15, 0.2) is 0 Å². The van der Waals surface area contributed by atoms with Gasteiger partial charge < -0.3 is 9.64 Å². The number of nitriles is 2. The van der Waals surface area contributed by atoms with Gasteiger partial charge in [-0.15, -0.1) is 0 Å². The Hall–Kier alpha value is -2.79. The zero-order valence-corrected chi connectivity index (χ0v) is 12.5. The minimum atomic E-state index is -0.226. The number of ether oxygens (including phenoxy) is 1. The molecule has 1 aliphatic heterocycles. The van der Waals surface area contributed by atoms with Crippen LogP contribution in [-0.2, 0) is 16.0 Å². The van der Waals surface area contributed by atoms with Crippen molar-refractivity contribution in [3.05, 3.63) is 34.9 Å². The molecule has 1 aromatic rings. The van der Waals surface area contributed by atoms with E-state index in [0.717, 1.165) is 36.2 Å². The van der Waals surface area contributed by atoms with Crippen LogP contribution in [0, 0.1) is 22.7 Å². The largest absolute Gasteiger partial charge is 0.465 e. The Kier molecular flexibility index (Phi) is 5.16. The van der Waals surface area contributed by atoms with Crippen molar-refractivity contribution < 1.29 is 9.53 Å². The molecule has 0 saturated carbocycles. The molecule has 2 rings (SSSR count). The van der Waals surface area contributed by atoms with Crippen molar-refractivity contribution in [3.63, 3.8) is 0 Å². The summed E-state index contributed by atoms with van der Waals surface area (Å²) in [4.78, 5) is 13.7. The number of hydrogen-bond acceptors (Lipinski definition) is 5. The third-order valence-corrected chi connectivity index (χ3v) is 3.50. The van der Waals surface area contributed by atoms with Gasteiger partial charge in [0.2, 0.25) is 0 Å². The number of hydrogen-bond donors (Lipinski definition) is 0. The van der Waals surface area contributed by atoms with Gasteiger partial charge in [0.05, 0.1) is 6.61 Å². The molecule has 0 radical (unpaired) electrons. The fourth-order valence-electron chi connectivity index (χ4n) is 2.57. The first-order chi connectivity index (χ1) is 10.7. The van der Waals surface area contributed by atoms with Crippen LogP contribution in [0.15, 0.2) is 23.8 Å². The number of benzene rings is 1. The van der Waals surface area contributed by atoms with Gasteiger partial charge in [0.1, 0.15) is 24.3 Å². The van der Waals surface area contributed by atoms with Crippen molar-refractivity contribution >= 4 is 17.7 Å². The molecule has 1 aromatic carbocycles. The van der Waals surface area contributed by atoms with E-state index in [-0.39, 0.29) is 18.1 Å². The van der Waals surface area contributed by atoms with Crippen molar-refractivity contribution in [1.82, 2.24) is 0 Å². The highest BCUT2D eigenvalue weighted by molar-refractivity contribution is 5.77. The molecule has 5 nitrogen and oxygen atoms in total. The number of rotatable bonds is 4. The summed E-state index contributed by atoms with van der Waals surface area (Å²) in [7, 11) is 0. The molecule has 5 heteroatoms. The third-order valence-electron chi connectivity index (χ3n) is 3.50. The van der Waals surface area contributed by atoms with E-state index < -0.39 is 0 Å².